The number of aromatic amines is 1. The molecular formula is C26H27FN4O2. The number of carbonyl (C=O) groups is 1. The molecule has 0 spiro atoms. The van der Waals surface area contributed by atoms with Gasteiger partial charge in [0.15, 0.2) is 0 Å². The number of fused-ring (bicyclic) bond motifs is 2. The molecule has 0 bridgehead atoms. The van der Waals surface area contributed by atoms with E-state index in [0.29, 0.717) is 11.8 Å². The highest BCUT2D eigenvalue weighted by atomic mass is 19.1. The van der Waals surface area contributed by atoms with Crippen LogP contribution >= 0.6 is 0 Å². The third kappa shape index (κ3) is 3.51. The highest BCUT2D eigenvalue weighted by molar-refractivity contribution is 5.98. The summed E-state index contributed by atoms with van der Waals surface area (Å²) in [4.78, 5) is 11.6. The average molecular weight is 447 g/mol. The summed E-state index contributed by atoms with van der Waals surface area (Å²) in [6.07, 6.45) is 6.35. The number of nitrogens with two attached hydrogens (primary N) is 1. The summed E-state index contributed by atoms with van der Waals surface area (Å²) in [7, 11) is 0. The fourth-order valence-electron chi connectivity index (χ4n) is 5.72. The number of rotatable bonds is 5. The van der Waals surface area contributed by atoms with Crippen molar-refractivity contribution in [2.45, 2.75) is 38.0 Å². The molecule has 1 saturated heterocycles. The van der Waals surface area contributed by atoms with Crippen LogP contribution in [0.25, 0.3) is 27.5 Å². The van der Waals surface area contributed by atoms with Gasteiger partial charge in [-0.2, -0.15) is 5.10 Å². The van der Waals surface area contributed by atoms with Gasteiger partial charge in [0.05, 0.1) is 17.2 Å². The first-order chi connectivity index (χ1) is 16.1. The number of H-pyrrole nitrogens is 1. The monoisotopic (exact) mass is 446 g/mol. The van der Waals surface area contributed by atoms with Crippen molar-refractivity contribution in [1.82, 2.24) is 14.8 Å². The molecule has 1 aliphatic heterocycles. The smallest absolute Gasteiger partial charge is 0.220 e. The lowest BCUT2D eigenvalue weighted by Crippen LogP contribution is -2.36. The van der Waals surface area contributed by atoms with E-state index in [1.807, 2.05) is 18.3 Å². The summed E-state index contributed by atoms with van der Waals surface area (Å²) in [6.45, 7) is 1.49. The Kier molecular flexibility index (Phi) is 4.94. The quantitative estimate of drug-likeness (QED) is 0.470. The molecule has 2 aromatic carbocycles. The third-order valence-electron chi connectivity index (χ3n) is 7.50. The van der Waals surface area contributed by atoms with Gasteiger partial charge >= 0.3 is 0 Å². The first-order valence-corrected chi connectivity index (χ1v) is 11.7. The number of ether oxygens (including phenoxy) is 1. The second-order valence-electron chi connectivity index (χ2n) is 9.53. The van der Waals surface area contributed by atoms with Crippen LogP contribution in [-0.4, -0.2) is 33.9 Å². The van der Waals surface area contributed by atoms with Crippen LogP contribution in [0.2, 0.25) is 0 Å². The van der Waals surface area contributed by atoms with Gasteiger partial charge in [-0.15, -0.1) is 0 Å². The fourth-order valence-corrected chi connectivity index (χ4v) is 5.72. The topological polar surface area (TPSA) is 85.9 Å². The van der Waals surface area contributed by atoms with Crippen LogP contribution in [0.15, 0.2) is 42.6 Å². The van der Waals surface area contributed by atoms with Crippen molar-refractivity contribution in [2.75, 3.05) is 13.2 Å². The summed E-state index contributed by atoms with van der Waals surface area (Å²) < 4.78 is 21.8. The predicted molar refractivity (Wildman–Crippen MR) is 125 cm³/mol. The van der Waals surface area contributed by atoms with Crippen LogP contribution in [0.3, 0.4) is 0 Å². The van der Waals surface area contributed by atoms with Crippen molar-refractivity contribution in [3.63, 3.8) is 0 Å². The van der Waals surface area contributed by atoms with E-state index in [9.17, 15) is 9.18 Å². The van der Waals surface area contributed by atoms with E-state index in [0.717, 1.165) is 67.4 Å². The van der Waals surface area contributed by atoms with Crippen molar-refractivity contribution in [3.8, 4) is 5.69 Å². The molecule has 4 aromatic rings. The maximum Gasteiger partial charge on any atom is 0.220 e. The van der Waals surface area contributed by atoms with E-state index in [1.54, 1.807) is 0 Å². The van der Waals surface area contributed by atoms with Crippen LogP contribution < -0.4 is 5.73 Å². The minimum Gasteiger partial charge on any atom is -0.381 e. The second kappa shape index (κ2) is 7.99. The normalized spacial score (nSPS) is 21.5. The summed E-state index contributed by atoms with van der Waals surface area (Å²) >= 11 is 0. The summed E-state index contributed by atoms with van der Waals surface area (Å²) in [5.74, 6) is 0.350. The van der Waals surface area contributed by atoms with E-state index in [-0.39, 0.29) is 17.6 Å². The summed E-state index contributed by atoms with van der Waals surface area (Å²) in [5.41, 5.74) is 11.2. The van der Waals surface area contributed by atoms with Crippen molar-refractivity contribution in [1.29, 1.82) is 0 Å². The van der Waals surface area contributed by atoms with E-state index in [2.05, 4.69) is 26.9 Å². The number of hydrogen-bond donors (Lipinski definition) is 2. The molecule has 7 heteroatoms. The van der Waals surface area contributed by atoms with E-state index in [4.69, 9.17) is 10.5 Å². The second-order valence-corrected chi connectivity index (χ2v) is 9.53. The average Bonchev–Trinajstić information content (AvgIpc) is 3.37. The maximum absolute atomic E-state index is 13.8. The van der Waals surface area contributed by atoms with Crippen LogP contribution in [0.1, 0.15) is 42.9 Å². The number of halogens is 1. The lowest BCUT2D eigenvalue weighted by Gasteiger charge is -2.34. The molecule has 1 amide bonds. The Morgan fingerprint density at radius 1 is 1.18 bits per heavy atom. The standard InChI is InChI=1S/C26H27FN4O2/c27-19-1-3-20(4-2-19)31-24-12-18-14-29-30-23(18)13-21(24)22(11-15-9-17(10-15)26(28)32)25(31)16-5-7-33-8-6-16/h1-4,12-17H,5-11H2,(H2,28,32)(H,29,30). The van der Waals surface area contributed by atoms with Crippen LogP contribution in [-0.2, 0) is 16.0 Å². The van der Waals surface area contributed by atoms with Gasteiger partial charge in [0.1, 0.15) is 5.82 Å². The van der Waals surface area contributed by atoms with Crippen LogP contribution in [0.5, 0.6) is 0 Å². The first kappa shape index (κ1) is 20.4. The Morgan fingerprint density at radius 2 is 1.94 bits per heavy atom. The molecule has 3 N–H and O–H groups in total. The first-order valence-electron chi connectivity index (χ1n) is 11.7. The van der Waals surface area contributed by atoms with Gasteiger partial charge in [-0.3, -0.25) is 9.89 Å². The Bertz CT molecular complexity index is 1330. The van der Waals surface area contributed by atoms with Crippen molar-refractivity contribution in [2.24, 2.45) is 17.6 Å². The van der Waals surface area contributed by atoms with Crippen molar-refractivity contribution >= 4 is 27.7 Å². The number of nitrogens with one attached hydrogen (secondary N) is 1. The molecule has 33 heavy (non-hydrogen) atoms. The molecule has 0 atom stereocenters. The van der Waals surface area contributed by atoms with Gasteiger partial charge < -0.3 is 15.0 Å². The third-order valence-corrected chi connectivity index (χ3v) is 7.50. The summed E-state index contributed by atoms with van der Waals surface area (Å²) in [5, 5.41) is 9.58. The zero-order chi connectivity index (χ0) is 22.5. The molecule has 170 valence electrons. The SMILES string of the molecule is NC(=O)C1CC(Cc2c(C3CCOCC3)n(-c3ccc(F)cc3)c3cc4cn[nH]c4cc23)C1. The molecule has 3 heterocycles. The predicted octanol–water partition coefficient (Wildman–Crippen LogP) is 4.59. The largest absolute Gasteiger partial charge is 0.381 e. The number of amides is 1. The number of aromatic nitrogens is 3. The van der Waals surface area contributed by atoms with Gasteiger partial charge in [0.2, 0.25) is 5.91 Å². The number of benzene rings is 2. The maximum atomic E-state index is 13.8. The zero-order valence-corrected chi connectivity index (χ0v) is 18.4. The molecule has 1 aliphatic carbocycles. The lowest BCUT2D eigenvalue weighted by atomic mass is 9.71. The van der Waals surface area contributed by atoms with Crippen molar-refractivity contribution < 1.29 is 13.9 Å². The summed E-state index contributed by atoms with van der Waals surface area (Å²) in [6, 6.07) is 11.1. The van der Waals surface area contributed by atoms with Gasteiger partial charge in [-0.05, 0) is 80.0 Å². The Balaban J connectivity index is 1.56. The highest BCUT2D eigenvalue weighted by Gasteiger charge is 2.36. The minimum absolute atomic E-state index is 0.00806. The van der Waals surface area contributed by atoms with Gasteiger partial charge in [0.25, 0.3) is 0 Å². The molecule has 1 saturated carbocycles. The van der Waals surface area contributed by atoms with Crippen LogP contribution in [0.4, 0.5) is 4.39 Å². The van der Waals surface area contributed by atoms with Gasteiger partial charge in [-0.1, -0.05) is 0 Å². The zero-order valence-electron chi connectivity index (χ0n) is 18.4. The van der Waals surface area contributed by atoms with Gasteiger partial charge in [0, 0.05) is 47.2 Å². The Labute approximate surface area is 190 Å². The van der Waals surface area contributed by atoms with Crippen molar-refractivity contribution in [3.05, 3.63) is 59.7 Å². The molecule has 0 unspecified atom stereocenters. The number of hydrogen-bond acceptors (Lipinski definition) is 3. The number of nitrogens with zero attached hydrogens (tertiary/aromatic N) is 2. The molecule has 0 radical (unpaired) electrons. The van der Waals surface area contributed by atoms with Gasteiger partial charge in [-0.25, -0.2) is 4.39 Å². The van der Waals surface area contributed by atoms with E-state index < -0.39 is 0 Å². The molecule has 6 nitrogen and oxygen atoms in total. The molecule has 2 fully saturated rings. The minimum atomic E-state index is -0.243. The van der Waals surface area contributed by atoms with E-state index in [1.165, 1.54) is 28.8 Å². The van der Waals surface area contributed by atoms with Crippen LogP contribution in [0, 0.1) is 17.7 Å². The Hall–Kier alpha value is -3.19. The molecule has 2 aliphatic rings. The van der Waals surface area contributed by atoms with E-state index >= 15 is 0 Å². The lowest BCUT2D eigenvalue weighted by molar-refractivity contribution is -0.125. The number of primary amides is 1. The highest BCUT2D eigenvalue weighted by Crippen LogP contribution is 2.44. The molecule has 2 aromatic heterocycles. The Morgan fingerprint density at radius 3 is 2.67 bits per heavy atom. The molecular weight excluding hydrogens is 419 g/mol. The number of carbonyl (C=O) groups excluding carboxylic acids is 1. The molecule has 6 rings (SSSR count). The fraction of sp³-hybridized carbons (Fsp3) is 0.385.